The van der Waals surface area contributed by atoms with Crippen LogP contribution in [-0.4, -0.2) is 38.8 Å². The number of hydrogen-bond acceptors (Lipinski definition) is 5. The molecule has 0 bridgehead atoms. The molecular formula is C12H15N3O4S. The van der Waals surface area contributed by atoms with E-state index in [2.05, 4.69) is 10.3 Å². The van der Waals surface area contributed by atoms with Crippen molar-refractivity contribution in [1.82, 2.24) is 14.9 Å². The predicted molar refractivity (Wildman–Crippen MR) is 73.0 cm³/mol. The van der Waals surface area contributed by atoms with E-state index in [9.17, 15) is 14.4 Å². The summed E-state index contributed by atoms with van der Waals surface area (Å²) in [6.07, 6.45) is 1.60. The van der Waals surface area contributed by atoms with Crippen molar-refractivity contribution in [3.8, 4) is 0 Å². The summed E-state index contributed by atoms with van der Waals surface area (Å²) in [6.45, 7) is 2.34. The molecule has 0 saturated heterocycles. The van der Waals surface area contributed by atoms with E-state index in [0.717, 1.165) is 5.75 Å². The van der Waals surface area contributed by atoms with Crippen LogP contribution >= 0.6 is 11.8 Å². The van der Waals surface area contributed by atoms with E-state index in [1.807, 2.05) is 0 Å². The molecule has 1 aromatic rings. The molecule has 1 aliphatic rings. The Morgan fingerprint density at radius 1 is 1.60 bits per heavy atom. The summed E-state index contributed by atoms with van der Waals surface area (Å²) in [7, 11) is 0. The van der Waals surface area contributed by atoms with Gasteiger partial charge in [-0.2, -0.15) is 0 Å². The molecule has 2 N–H and O–H groups in total. The maximum absolute atomic E-state index is 12.1. The van der Waals surface area contributed by atoms with Gasteiger partial charge in [-0.15, -0.1) is 0 Å². The zero-order valence-corrected chi connectivity index (χ0v) is 11.8. The van der Waals surface area contributed by atoms with Crippen LogP contribution in [0.25, 0.3) is 0 Å². The molecular weight excluding hydrogens is 282 g/mol. The molecule has 1 atom stereocenters. The van der Waals surface area contributed by atoms with Crippen LogP contribution in [0.15, 0.2) is 16.1 Å². The molecule has 8 heteroatoms. The SMILES string of the molecule is CC(CCNC(=O)c1cnc2n(c1=O)CCS2)C(=O)O. The van der Waals surface area contributed by atoms with Gasteiger partial charge in [-0.25, -0.2) is 4.98 Å². The fraction of sp³-hybridized carbons (Fsp3) is 0.500. The Morgan fingerprint density at radius 3 is 3.05 bits per heavy atom. The third-order valence-corrected chi connectivity index (χ3v) is 4.06. The topological polar surface area (TPSA) is 101 Å². The second-order valence-electron chi connectivity index (χ2n) is 4.54. The van der Waals surface area contributed by atoms with Crippen LogP contribution in [0.2, 0.25) is 0 Å². The van der Waals surface area contributed by atoms with Crippen LogP contribution in [0.4, 0.5) is 0 Å². The highest BCUT2D eigenvalue weighted by molar-refractivity contribution is 7.99. The zero-order chi connectivity index (χ0) is 14.7. The first kappa shape index (κ1) is 14.6. The number of fused-ring (bicyclic) bond motifs is 1. The second-order valence-corrected chi connectivity index (χ2v) is 5.61. The summed E-state index contributed by atoms with van der Waals surface area (Å²) in [6, 6.07) is 0. The fourth-order valence-corrected chi connectivity index (χ4v) is 2.71. The zero-order valence-electron chi connectivity index (χ0n) is 11.0. The molecule has 0 spiro atoms. The van der Waals surface area contributed by atoms with Crippen LogP contribution in [0.1, 0.15) is 23.7 Å². The van der Waals surface area contributed by atoms with E-state index in [4.69, 9.17) is 5.11 Å². The van der Waals surface area contributed by atoms with Crippen molar-refractivity contribution in [1.29, 1.82) is 0 Å². The number of carboxylic acid groups (broad SMARTS) is 1. The van der Waals surface area contributed by atoms with Gasteiger partial charge in [0.1, 0.15) is 5.56 Å². The molecule has 1 unspecified atom stereocenters. The molecule has 108 valence electrons. The average molecular weight is 297 g/mol. The van der Waals surface area contributed by atoms with Gasteiger partial charge < -0.3 is 10.4 Å². The lowest BCUT2D eigenvalue weighted by Crippen LogP contribution is -2.34. The van der Waals surface area contributed by atoms with Crippen molar-refractivity contribution in [2.45, 2.75) is 25.0 Å². The summed E-state index contributed by atoms with van der Waals surface area (Å²) in [4.78, 5) is 38.7. The first-order chi connectivity index (χ1) is 9.50. The van der Waals surface area contributed by atoms with Gasteiger partial charge in [0, 0.05) is 25.0 Å². The maximum atomic E-state index is 12.1. The summed E-state index contributed by atoms with van der Waals surface area (Å²) >= 11 is 1.48. The molecule has 0 aromatic carbocycles. The Morgan fingerprint density at radius 2 is 2.35 bits per heavy atom. The van der Waals surface area contributed by atoms with Gasteiger partial charge in [0.15, 0.2) is 5.16 Å². The summed E-state index contributed by atoms with van der Waals surface area (Å²) < 4.78 is 1.49. The molecule has 0 aliphatic carbocycles. The van der Waals surface area contributed by atoms with Gasteiger partial charge in [0.25, 0.3) is 11.5 Å². The number of thioether (sulfide) groups is 1. The largest absolute Gasteiger partial charge is 0.481 e. The number of carbonyl (C=O) groups is 2. The van der Waals surface area contributed by atoms with Gasteiger partial charge in [0.05, 0.1) is 5.92 Å². The lowest BCUT2D eigenvalue weighted by atomic mass is 10.1. The van der Waals surface area contributed by atoms with Crippen molar-refractivity contribution >= 4 is 23.6 Å². The Balaban J connectivity index is 2.00. The van der Waals surface area contributed by atoms with Crippen LogP contribution in [0.3, 0.4) is 0 Å². The normalized spacial score (nSPS) is 14.7. The number of aliphatic carboxylic acids is 1. The molecule has 0 radical (unpaired) electrons. The van der Waals surface area contributed by atoms with Crippen LogP contribution in [0.5, 0.6) is 0 Å². The van der Waals surface area contributed by atoms with E-state index < -0.39 is 17.8 Å². The second kappa shape index (κ2) is 6.08. The molecule has 20 heavy (non-hydrogen) atoms. The van der Waals surface area contributed by atoms with E-state index in [-0.39, 0.29) is 17.7 Å². The monoisotopic (exact) mass is 297 g/mol. The van der Waals surface area contributed by atoms with Crippen LogP contribution in [-0.2, 0) is 11.3 Å². The van der Waals surface area contributed by atoms with E-state index in [1.165, 1.54) is 22.5 Å². The fourth-order valence-electron chi connectivity index (χ4n) is 1.79. The lowest BCUT2D eigenvalue weighted by molar-refractivity contribution is -0.141. The quantitative estimate of drug-likeness (QED) is 0.752. The third-order valence-electron chi connectivity index (χ3n) is 3.09. The Hall–Kier alpha value is -1.83. The van der Waals surface area contributed by atoms with Crippen molar-refractivity contribution < 1.29 is 14.7 Å². The number of carboxylic acids is 1. The smallest absolute Gasteiger partial charge is 0.306 e. The average Bonchev–Trinajstić information content (AvgIpc) is 2.87. The van der Waals surface area contributed by atoms with E-state index in [1.54, 1.807) is 6.92 Å². The minimum Gasteiger partial charge on any atom is -0.481 e. The highest BCUT2D eigenvalue weighted by Crippen LogP contribution is 2.20. The third kappa shape index (κ3) is 3.01. The minimum atomic E-state index is -0.907. The van der Waals surface area contributed by atoms with Crippen molar-refractivity contribution in [2.24, 2.45) is 5.92 Å². The Kier molecular flexibility index (Phi) is 4.43. The minimum absolute atomic E-state index is 0.000715. The number of hydrogen-bond donors (Lipinski definition) is 2. The van der Waals surface area contributed by atoms with Crippen molar-refractivity contribution in [2.75, 3.05) is 12.3 Å². The standard InChI is InChI=1S/C12H15N3O4S/c1-7(11(18)19)2-3-13-9(16)8-6-14-12-15(10(8)17)4-5-20-12/h6-7H,2-5H2,1H3,(H,13,16)(H,18,19). The molecule has 2 rings (SSSR count). The first-order valence-electron chi connectivity index (χ1n) is 6.24. The van der Waals surface area contributed by atoms with Gasteiger partial charge in [-0.1, -0.05) is 18.7 Å². The maximum Gasteiger partial charge on any atom is 0.306 e. The highest BCUT2D eigenvalue weighted by atomic mass is 32.2. The Labute approximate surface area is 119 Å². The molecule has 1 aromatic heterocycles. The molecule has 0 saturated carbocycles. The van der Waals surface area contributed by atoms with Crippen molar-refractivity contribution in [3.05, 3.63) is 22.1 Å². The summed E-state index contributed by atoms with van der Waals surface area (Å²) in [5.74, 6) is -1.17. The van der Waals surface area contributed by atoms with Gasteiger partial charge >= 0.3 is 5.97 Å². The van der Waals surface area contributed by atoms with Crippen LogP contribution < -0.4 is 10.9 Å². The summed E-state index contributed by atoms with van der Waals surface area (Å²) in [5, 5.41) is 11.9. The number of carbonyl (C=O) groups excluding carboxylic acids is 1. The van der Waals surface area contributed by atoms with Crippen molar-refractivity contribution in [3.63, 3.8) is 0 Å². The number of rotatable bonds is 5. The molecule has 2 heterocycles. The molecule has 7 nitrogen and oxygen atoms in total. The van der Waals surface area contributed by atoms with Gasteiger partial charge in [-0.3, -0.25) is 19.0 Å². The van der Waals surface area contributed by atoms with Crippen LogP contribution in [0, 0.1) is 5.92 Å². The number of aromatic nitrogens is 2. The summed E-state index contributed by atoms with van der Waals surface area (Å²) in [5.41, 5.74) is -0.344. The number of nitrogens with one attached hydrogen (secondary N) is 1. The van der Waals surface area contributed by atoms with Gasteiger partial charge in [0.2, 0.25) is 0 Å². The first-order valence-corrected chi connectivity index (χ1v) is 7.23. The number of nitrogens with zero attached hydrogens (tertiary/aromatic N) is 2. The predicted octanol–water partition coefficient (Wildman–Crippen LogP) is 0.190. The highest BCUT2D eigenvalue weighted by Gasteiger charge is 2.20. The van der Waals surface area contributed by atoms with E-state index in [0.29, 0.717) is 18.1 Å². The Bertz CT molecular complexity index is 599. The molecule has 1 aliphatic heterocycles. The number of amides is 1. The van der Waals surface area contributed by atoms with Gasteiger partial charge in [-0.05, 0) is 6.42 Å². The molecule has 1 amide bonds. The van der Waals surface area contributed by atoms with E-state index >= 15 is 0 Å². The molecule has 0 fully saturated rings. The lowest BCUT2D eigenvalue weighted by Gasteiger charge is -2.08.